The van der Waals surface area contributed by atoms with E-state index in [9.17, 15) is 4.21 Å². The lowest BCUT2D eigenvalue weighted by atomic mass is 10.3. The fourth-order valence-corrected chi connectivity index (χ4v) is 2.27. The minimum Gasteiger partial charge on any atom is -0.369 e. The van der Waals surface area contributed by atoms with Crippen LogP contribution in [-0.2, 0) is 17.2 Å². The van der Waals surface area contributed by atoms with Crippen molar-refractivity contribution in [3.8, 4) is 0 Å². The summed E-state index contributed by atoms with van der Waals surface area (Å²) in [5.74, 6) is 2.83. The molecule has 0 saturated heterocycles. The number of nitrogens with one attached hydrogen (secondary N) is 1. The zero-order valence-corrected chi connectivity index (χ0v) is 12.7. The molecule has 0 radical (unpaired) electrons. The summed E-state index contributed by atoms with van der Waals surface area (Å²) in [5, 5.41) is 3.68. The highest BCUT2D eigenvalue weighted by molar-refractivity contribution is 7.84. The zero-order valence-electron chi connectivity index (χ0n) is 11.1. The van der Waals surface area contributed by atoms with Crippen molar-refractivity contribution in [2.24, 2.45) is 0 Å². The molecule has 0 fully saturated rings. The standard InChI is InChI=1S/C12H20ClN3OS/c1-4-6-10-15-11(13)9(3)12(16-10)14-7-8-18(17)5-2/h4-8H2,1-3H3,(H,14,15,16). The van der Waals surface area contributed by atoms with Crippen LogP contribution in [0.25, 0.3) is 0 Å². The molecule has 1 aromatic rings. The highest BCUT2D eigenvalue weighted by Crippen LogP contribution is 2.20. The van der Waals surface area contributed by atoms with Crippen molar-refractivity contribution in [3.63, 3.8) is 0 Å². The lowest BCUT2D eigenvalue weighted by Crippen LogP contribution is -2.14. The highest BCUT2D eigenvalue weighted by atomic mass is 35.5. The summed E-state index contributed by atoms with van der Waals surface area (Å²) >= 11 is 6.07. The summed E-state index contributed by atoms with van der Waals surface area (Å²) in [4.78, 5) is 8.68. The molecule has 4 nitrogen and oxygen atoms in total. The Morgan fingerprint density at radius 2 is 2.06 bits per heavy atom. The van der Waals surface area contributed by atoms with Crippen LogP contribution >= 0.6 is 11.6 Å². The molecule has 0 bridgehead atoms. The second kappa shape index (κ2) is 7.69. The molecule has 18 heavy (non-hydrogen) atoms. The first-order valence-corrected chi connectivity index (χ1v) is 8.06. The Labute approximate surface area is 116 Å². The molecule has 0 aliphatic heterocycles. The minimum atomic E-state index is -0.760. The fraction of sp³-hybridized carbons (Fsp3) is 0.667. The third-order valence-corrected chi connectivity index (χ3v) is 4.22. The monoisotopic (exact) mass is 289 g/mol. The van der Waals surface area contributed by atoms with Crippen molar-refractivity contribution in [3.05, 3.63) is 16.5 Å². The van der Waals surface area contributed by atoms with E-state index in [1.165, 1.54) is 0 Å². The maximum atomic E-state index is 11.3. The van der Waals surface area contributed by atoms with Gasteiger partial charge >= 0.3 is 0 Å². The lowest BCUT2D eigenvalue weighted by Gasteiger charge is -2.10. The van der Waals surface area contributed by atoms with Gasteiger partial charge in [0, 0.05) is 40.8 Å². The Bertz CT molecular complexity index is 426. The van der Waals surface area contributed by atoms with Gasteiger partial charge in [0.25, 0.3) is 0 Å². The summed E-state index contributed by atoms with van der Waals surface area (Å²) in [7, 11) is -0.760. The van der Waals surface area contributed by atoms with Crippen molar-refractivity contribution in [2.75, 3.05) is 23.4 Å². The van der Waals surface area contributed by atoms with Gasteiger partial charge in [-0.15, -0.1) is 0 Å². The van der Waals surface area contributed by atoms with E-state index in [0.29, 0.717) is 23.2 Å². The molecule has 0 aliphatic rings. The fourth-order valence-electron chi connectivity index (χ4n) is 1.47. The van der Waals surface area contributed by atoms with Crippen LogP contribution in [-0.4, -0.2) is 32.2 Å². The SMILES string of the molecule is CCCc1nc(Cl)c(C)c(NCCS(=O)CC)n1. The average Bonchev–Trinajstić information content (AvgIpc) is 2.35. The van der Waals surface area contributed by atoms with Gasteiger partial charge in [0.1, 0.15) is 16.8 Å². The number of anilines is 1. The van der Waals surface area contributed by atoms with Gasteiger partial charge in [-0.25, -0.2) is 9.97 Å². The van der Waals surface area contributed by atoms with E-state index in [1.54, 1.807) is 0 Å². The Morgan fingerprint density at radius 1 is 1.33 bits per heavy atom. The highest BCUT2D eigenvalue weighted by Gasteiger charge is 2.08. The maximum absolute atomic E-state index is 11.3. The molecular formula is C12H20ClN3OS. The Hall–Kier alpha value is -0.680. The molecule has 1 aromatic heterocycles. The second-order valence-corrected chi connectivity index (χ2v) is 6.24. The molecule has 0 aromatic carbocycles. The molecular weight excluding hydrogens is 270 g/mol. The van der Waals surface area contributed by atoms with Crippen LogP contribution < -0.4 is 5.32 Å². The minimum absolute atomic E-state index is 0.493. The number of hydrogen-bond acceptors (Lipinski definition) is 4. The number of aryl methyl sites for hydroxylation is 1. The van der Waals surface area contributed by atoms with Crippen LogP contribution in [0, 0.1) is 6.92 Å². The zero-order chi connectivity index (χ0) is 13.5. The number of aromatic nitrogens is 2. The van der Waals surface area contributed by atoms with Crippen molar-refractivity contribution in [1.29, 1.82) is 0 Å². The first-order chi connectivity index (χ1) is 8.58. The van der Waals surface area contributed by atoms with Crippen molar-refractivity contribution < 1.29 is 4.21 Å². The van der Waals surface area contributed by atoms with Gasteiger partial charge in [-0.05, 0) is 13.3 Å². The number of hydrogen-bond donors (Lipinski definition) is 1. The van der Waals surface area contributed by atoms with Crippen LogP contribution in [0.4, 0.5) is 5.82 Å². The van der Waals surface area contributed by atoms with Crippen LogP contribution in [0.2, 0.25) is 5.15 Å². The smallest absolute Gasteiger partial charge is 0.137 e. The topological polar surface area (TPSA) is 54.9 Å². The van der Waals surface area contributed by atoms with Gasteiger partial charge in [-0.1, -0.05) is 25.4 Å². The van der Waals surface area contributed by atoms with Gasteiger partial charge in [0.05, 0.1) is 0 Å². The molecule has 102 valence electrons. The van der Waals surface area contributed by atoms with Gasteiger partial charge in [0.15, 0.2) is 0 Å². The largest absolute Gasteiger partial charge is 0.369 e. The van der Waals surface area contributed by atoms with Crippen LogP contribution in [0.15, 0.2) is 0 Å². The summed E-state index contributed by atoms with van der Waals surface area (Å²) in [6, 6.07) is 0. The lowest BCUT2D eigenvalue weighted by molar-refractivity contribution is 0.684. The summed E-state index contributed by atoms with van der Waals surface area (Å²) in [5.41, 5.74) is 0.846. The molecule has 1 unspecified atom stereocenters. The number of nitrogens with zero attached hydrogens (tertiary/aromatic N) is 2. The van der Waals surface area contributed by atoms with Crippen LogP contribution in [0.1, 0.15) is 31.7 Å². The van der Waals surface area contributed by atoms with E-state index in [4.69, 9.17) is 11.6 Å². The normalized spacial score (nSPS) is 12.4. The molecule has 1 atom stereocenters. The predicted molar refractivity (Wildman–Crippen MR) is 77.8 cm³/mol. The van der Waals surface area contributed by atoms with E-state index >= 15 is 0 Å². The van der Waals surface area contributed by atoms with Gasteiger partial charge in [-0.2, -0.15) is 0 Å². The Kier molecular flexibility index (Phi) is 6.57. The molecule has 1 N–H and O–H groups in total. The first-order valence-electron chi connectivity index (χ1n) is 6.20. The van der Waals surface area contributed by atoms with Gasteiger partial charge in [0.2, 0.25) is 0 Å². The predicted octanol–water partition coefficient (Wildman–Crippen LogP) is 2.57. The van der Waals surface area contributed by atoms with Gasteiger partial charge < -0.3 is 5.32 Å². The summed E-state index contributed by atoms with van der Waals surface area (Å²) < 4.78 is 11.3. The van der Waals surface area contributed by atoms with E-state index in [2.05, 4.69) is 22.2 Å². The van der Waals surface area contributed by atoms with Gasteiger partial charge in [-0.3, -0.25) is 4.21 Å². The van der Waals surface area contributed by atoms with E-state index in [1.807, 2.05) is 13.8 Å². The van der Waals surface area contributed by atoms with Crippen molar-refractivity contribution >= 4 is 28.2 Å². The number of rotatable bonds is 7. The van der Waals surface area contributed by atoms with E-state index in [-0.39, 0.29) is 0 Å². The molecule has 1 heterocycles. The molecule has 6 heteroatoms. The number of halogens is 1. The maximum Gasteiger partial charge on any atom is 0.137 e. The Morgan fingerprint density at radius 3 is 2.67 bits per heavy atom. The molecule has 0 saturated carbocycles. The summed E-state index contributed by atoms with van der Waals surface area (Å²) in [6.07, 6.45) is 1.80. The average molecular weight is 290 g/mol. The van der Waals surface area contributed by atoms with Crippen LogP contribution in [0.5, 0.6) is 0 Å². The third-order valence-electron chi connectivity index (χ3n) is 2.55. The Balaban J connectivity index is 2.71. The quantitative estimate of drug-likeness (QED) is 0.784. The van der Waals surface area contributed by atoms with Crippen molar-refractivity contribution in [2.45, 2.75) is 33.6 Å². The molecule has 0 amide bonds. The molecule has 0 aliphatic carbocycles. The first kappa shape index (κ1) is 15.4. The van der Waals surface area contributed by atoms with Crippen LogP contribution in [0.3, 0.4) is 0 Å². The molecule has 0 spiro atoms. The summed E-state index contributed by atoms with van der Waals surface area (Å²) in [6.45, 7) is 6.52. The van der Waals surface area contributed by atoms with Crippen molar-refractivity contribution in [1.82, 2.24) is 9.97 Å². The third kappa shape index (κ3) is 4.53. The van der Waals surface area contributed by atoms with E-state index in [0.717, 1.165) is 30.0 Å². The van der Waals surface area contributed by atoms with E-state index < -0.39 is 10.8 Å². The molecule has 1 rings (SSSR count). The second-order valence-electron chi connectivity index (χ2n) is 4.01.